The zero-order valence-electron chi connectivity index (χ0n) is 18.8. The number of hydrogen-bond acceptors (Lipinski definition) is 1. The van der Waals surface area contributed by atoms with E-state index in [0.29, 0.717) is 5.92 Å². The lowest BCUT2D eigenvalue weighted by Gasteiger charge is -2.44. The van der Waals surface area contributed by atoms with Gasteiger partial charge in [-0.2, -0.15) is 0 Å². The van der Waals surface area contributed by atoms with Crippen LogP contribution in [0.1, 0.15) is 53.0 Å². The van der Waals surface area contributed by atoms with Crippen molar-refractivity contribution >= 4 is 12.7 Å². The van der Waals surface area contributed by atoms with Crippen molar-refractivity contribution in [3.63, 3.8) is 0 Å². The Morgan fingerprint density at radius 1 is 1.25 bits per heavy atom. The van der Waals surface area contributed by atoms with Crippen molar-refractivity contribution in [3.05, 3.63) is 83.4 Å². The van der Waals surface area contributed by atoms with Gasteiger partial charge in [0.05, 0.1) is 0 Å². The number of allylic oxidation sites excluding steroid dienone is 5. The van der Waals surface area contributed by atoms with Gasteiger partial charge in [-0.15, -0.1) is 6.58 Å². The van der Waals surface area contributed by atoms with Crippen molar-refractivity contribution < 1.29 is 0 Å². The molecule has 0 spiro atoms. The number of rotatable bonds is 10. The Morgan fingerprint density at radius 2 is 1.93 bits per heavy atom. The quantitative estimate of drug-likeness (QED) is 0.412. The van der Waals surface area contributed by atoms with Crippen LogP contribution in [0.5, 0.6) is 0 Å². The molecule has 0 aliphatic heterocycles. The molecule has 0 heterocycles. The number of nitrogens with one attached hydrogen (secondary N) is 1. The van der Waals surface area contributed by atoms with E-state index in [4.69, 9.17) is 0 Å². The summed E-state index contributed by atoms with van der Waals surface area (Å²) in [6.07, 6.45) is 14.5. The van der Waals surface area contributed by atoms with Crippen LogP contribution in [-0.4, -0.2) is 7.05 Å². The van der Waals surface area contributed by atoms with Gasteiger partial charge in [0.1, 0.15) is 0 Å². The van der Waals surface area contributed by atoms with Crippen molar-refractivity contribution in [2.45, 2.75) is 52.9 Å². The Balaban J connectivity index is 3.67. The second-order valence-corrected chi connectivity index (χ2v) is 8.26. The minimum absolute atomic E-state index is 0.0225. The molecule has 152 valence electrons. The summed E-state index contributed by atoms with van der Waals surface area (Å²) in [4.78, 5) is 0. The normalized spacial score (nSPS) is 16.6. The highest BCUT2D eigenvalue weighted by atomic mass is 14.8. The summed E-state index contributed by atoms with van der Waals surface area (Å²) in [7, 11) is 1.97. The summed E-state index contributed by atoms with van der Waals surface area (Å²) in [6, 6.07) is 6.45. The predicted molar refractivity (Wildman–Crippen MR) is 128 cm³/mol. The van der Waals surface area contributed by atoms with E-state index >= 15 is 0 Å². The third kappa shape index (κ3) is 4.95. The first-order valence-corrected chi connectivity index (χ1v) is 10.3. The number of benzene rings is 1. The lowest BCUT2D eigenvalue weighted by atomic mass is 9.59. The Bertz CT molecular complexity index is 838. The van der Waals surface area contributed by atoms with Gasteiger partial charge in [0, 0.05) is 12.5 Å². The highest BCUT2D eigenvalue weighted by Crippen LogP contribution is 2.49. The van der Waals surface area contributed by atoms with Gasteiger partial charge in [0.25, 0.3) is 0 Å². The Hall–Kier alpha value is -2.28. The molecule has 0 radical (unpaired) electrons. The molecule has 0 amide bonds. The molecule has 2 atom stereocenters. The zero-order chi connectivity index (χ0) is 21.4. The van der Waals surface area contributed by atoms with Crippen molar-refractivity contribution in [1.29, 1.82) is 0 Å². The SMILES string of the molecule is C=C/C=c1/cccc(C(C)(C)CC(CC)(C(/C=C\C)=C\NC)C(C)C=C)c1=C. The molecular weight excluding hydrogens is 338 g/mol. The van der Waals surface area contributed by atoms with Crippen LogP contribution in [0.4, 0.5) is 0 Å². The van der Waals surface area contributed by atoms with E-state index in [-0.39, 0.29) is 10.8 Å². The Morgan fingerprint density at radius 3 is 2.43 bits per heavy atom. The highest BCUT2D eigenvalue weighted by molar-refractivity contribution is 5.41. The van der Waals surface area contributed by atoms with E-state index in [9.17, 15) is 0 Å². The molecule has 1 rings (SSSR count). The molecule has 0 aromatic heterocycles. The minimum atomic E-state index is -0.0518. The van der Waals surface area contributed by atoms with E-state index in [1.807, 2.05) is 19.2 Å². The van der Waals surface area contributed by atoms with Gasteiger partial charge >= 0.3 is 0 Å². The van der Waals surface area contributed by atoms with Crippen LogP contribution >= 0.6 is 0 Å². The van der Waals surface area contributed by atoms with E-state index in [0.717, 1.165) is 23.3 Å². The van der Waals surface area contributed by atoms with Gasteiger partial charge in [0.2, 0.25) is 0 Å². The van der Waals surface area contributed by atoms with Gasteiger partial charge in [-0.1, -0.05) is 89.4 Å². The lowest BCUT2D eigenvalue weighted by molar-refractivity contribution is 0.192. The van der Waals surface area contributed by atoms with Crippen molar-refractivity contribution in [1.82, 2.24) is 5.32 Å². The number of hydrogen-bond donors (Lipinski definition) is 1. The topological polar surface area (TPSA) is 12.0 Å². The largest absolute Gasteiger partial charge is 0.394 e. The fourth-order valence-corrected chi connectivity index (χ4v) is 4.50. The molecule has 1 heteroatoms. The monoisotopic (exact) mass is 377 g/mol. The second kappa shape index (κ2) is 10.3. The van der Waals surface area contributed by atoms with Gasteiger partial charge in [-0.05, 0) is 58.9 Å². The zero-order valence-corrected chi connectivity index (χ0v) is 18.8. The fourth-order valence-electron chi connectivity index (χ4n) is 4.50. The van der Waals surface area contributed by atoms with Gasteiger partial charge in [0.15, 0.2) is 0 Å². The van der Waals surface area contributed by atoms with Crippen LogP contribution in [0.3, 0.4) is 0 Å². The molecule has 0 fully saturated rings. The maximum absolute atomic E-state index is 4.40. The standard InChI is InChI=1S/C27H39N/c1-10-15-23-17-14-18-25(22(23)6)26(7,8)20-27(13-4,21(5)12-3)24(16-11-2)19-28-9/h10-12,14-19,21,28H,1,3,6,13,20H2,2,4-5,7-9H3/b16-11-,23-15-,24-19-. The van der Waals surface area contributed by atoms with Crippen LogP contribution in [-0.2, 0) is 5.41 Å². The average Bonchev–Trinajstić information content (AvgIpc) is 2.67. The van der Waals surface area contributed by atoms with Crippen LogP contribution < -0.4 is 15.8 Å². The molecular formula is C27H39N. The van der Waals surface area contributed by atoms with E-state index in [2.05, 4.69) is 102 Å². The minimum Gasteiger partial charge on any atom is -0.394 e. The smallest absolute Gasteiger partial charge is 0.00327 e. The third-order valence-corrected chi connectivity index (χ3v) is 6.07. The average molecular weight is 378 g/mol. The van der Waals surface area contributed by atoms with Gasteiger partial charge in [-0.25, -0.2) is 0 Å². The summed E-state index contributed by atoms with van der Waals surface area (Å²) in [5.41, 5.74) is 2.54. The van der Waals surface area contributed by atoms with Crippen LogP contribution in [0, 0.1) is 11.3 Å². The molecule has 1 aromatic carbocycles. The predicted octanol–water partition coefficient (Wildman–Crippen LogP) is 5.63. The first-order valence-electron chi connectivity index (χ1n) is 10.3. The van der Waals surface area contributed by atoms with Crippen LogP contribution in [0.2, 0.25) is 0 Å². The van der Waals surface area contributed by atoms with E-state index < -0.39 is 0 Å². The maximum atomic E-state index is 4.40. The molecule has 28 heavy (non-hydrogen) atoms. The second-order valence-electron chi connectivity index (χ2n) is 8.26. The molecule has 0 bridgehead atoms. The maximum Gasteiger partial charge on any atom is 0.00327 e. The Kier molecular flexibility index (Phi) is 8.75. The third-order valence-electron chi connectivity index (χ3n) is 6.07. The van der Waals surface area contributed by atoms with E-state index in [1.165, 1.54) is 11.1 Å². The lowest BCUT2D eigenvalue weighted by Crippen LogP contribution is -2.41. The molecule has 1 nitrogen and oxygen atoms in total. The Labute approximate surface area is 173 Å². The van der Waals surface area contributed by atoms with Gasteiger partial charge in [-0.3, -0.25) is 0 Å². The molecule has 0 saturated carbocycles. The molecule has 1 N–H and O–H groups in total. The first kappa shape index (κ1) is 23.8. The van der Waals surface area contributed by atoms with Crippen molar-refractivity contribution in [3.8, 4) is 0 Å². The molecule has 0 saturated heterocycles. The summed E-state index contributed by atoms with van der Waals surface area (Å²) in [6.45, 7) is 23.7. The highest BCUT2D eigenvalue weighted by Gasteiger charge is 2.41. The van der Waals surface area contributed by atoms with Gasteiger partial charge < -0.3 is 5.32 Å². The summed E-state index contributed by atoms with van der Waals surface area (Å²) >= 11 is 0. The molecule has 0 aliphatic rings. The summed E-state index contributed by atoms with van der Waals surface area (Å²) < 4.78 is 0. The summed E-state index contributed by atoms with van der Waals surface area (Å²) in [5.74, 6) is 0.337. The molecule has 2 unspecified atom stereocenters. The first-order chi connectivity index (χ1) is 13.2. The van der Waals surface area contributed by atoms with Crippen LogP contribution in [0.15, 0.2) is 67.4 Å². The molecule has 1 aromatic rings. The fraction of sp³-hybridized carbons (Fsp3) is 0.407. The van der Waals surface area contributed by atoms with Crippen LogP contribution in [0.25, 0.3) is 12.7 Å². The molecule has 0 aliphatic carbocycles. The summed E-state index contributed by atoms with van der Waals surface area (Å²) in [5, 5.41) is 5.49. The van der Waals surface area contributed by atoms with E-state index in [1.54, 1.807) is 0 Å². The van der Waals surface area contributed by atoms with Crippen molar-refractivity contribution in [2.24, 2.45) is 11.3 Å². The van der Waals surface area contributed by atoms with Crippen molar-refractivity contribution in [2.75, 3.05) is 7.05 Å².